The zero-order chi connectivity index (χ0) is 13.4. The third kappa shape index (κ3) is 2.29. The Morgan fingerprint density at radius 2 is 2.16 bits per heavy atom. The fraction of sp³-hybridized carbons (Fsp3) is 0.0833. The van der Waals surface area contributed by atoms with E-state index in [0.717, 1.165) is 21.1 Å². The molecule has 2 aromatic heterocycles. The Morgan fingerprint density at radius 3 is 3.00 bits per heavy atom. The van der Waals surface area contributed by atoms with Crippen LogP contribution in [0.1, 0.15) is 5.56 Å². The Balaban J connectivity index is 2.10. The monoisotopic (exact) mass is 337 g/mol. The molecule has 96 valence electrons. The molecule has 0 fully saturated rings. The number of aromatic amines is 1. The fourth-order valence-electron chi connectivity index (χ4n) is 1.77. The van der Waals surface area contributed by atoms with Crippen LogP contribution in [0.2, 0.25) is 5.28 Å². The Kier molecular flexibility index (Phi) is 3.12. The minimum Gasteiger partial charge on any atom is -0.339 e. The summed E-state index contributed by atoms with van der Waals surface area (Å²) in [6, 6.07) is 5.95. The van der Waals surface area contributed by atoms with Gasteiger partial charge in [-0.3, -0.25) is 5.10 Å². The molecule has 19 heavy (non-hydrogen) atoms. The van der Waals surface area contributed by atoms with E-state index in [2.05, 4.69) is 41.4 Å². The van der Waals surface area contributed by atoms with Crippen LogP contribution in [0, 0.1) is 6.92 Å². The van der Waals surface area contributed by atoms with E-state index in [4.69, 9.17) is 11.6 Å². The Hall–Kier alpha value is -1.66. The van der Waals surface area contributed by atoms with Crippen LogP contribution < -0.4 is 5.32 Å². The molecule has 0 saturated heterocycles. The van der Waals surface area contributed by atoms with Crippen LogP contribution in [0.25, 0.3) is 11.0 Å². The highest BCUT2D eigenvalue weighted by atomic mass is 79.9. The van der Waals surface area contributed by atoms with Gasteiger partial charge in [-0.05, 0) is 46.1 Å². The number of aryl methyl sites for hydroxylation is 1. The maximum Gasteiger partial charge on any atom is 0.226 e. The Bertz CT molecular complexity index is 755. The average Bonchev–Trinajstić information content (AvgIpc) is 2.83. The molecular weight excluding hydrogens is 330 g/mol. The van der Waals surface area contributed by atoms with E-state index in [1.165, 1.54) is 0 Å². The first-order valence-electron chi connectivity index (χ1n) is 5.54. The lowest BCUT2D eigenvalue weighted by atomic mass is 10.2. The van der Waals surface area contributed by atoms with Gasteiger partial charge in [-0.25, -0.2) is 0 Å². The van der Waals surface area contributed by atoms with E-state index < -0.39 is 0 Å². The second kappa shape index (κ2) is 4.79. The van der Waals surface area contributed by atoms with Gasteiger partial charge in [0.15, 0.2) is 5.65 Å². The molecule has 1 aromatic carbocycles. The number of nitrogens with one attached hydrogen (secondary N) is 2. The number of H-pyrrole nitrogens is 1. The molecular formula is C12H9BrClN5. The first-order valence-corrected chi connectivity index (χ1v) is 6.71. The van der Waals surface area contributed by atoms with Gasteiger partial charge in [0, 0.05) is 4.47 Å². The van der Waals surface area contributed by atoms with Crippen LogP contribution in [0.5, 0.6) is 0 Å². The van der Waals surface area contributed by atoms with Gasteiger partial charge in [0.25, 0.3) is 0 Å². The molecule has 0 atom stereocenters. The van der Waals surface area contributed by atoms with Crippen molar-refractivity contribution >= 4 is 50.1 Å². The molecule has 0 unspecified atom stereocenters. The fourth-order valence-corrected chi connectivity index (χ4v) is 2.31. The highest BCUT2D eigenvalue weighted by Gasteiger charge is 2.10. The summed E-state index contributed by atoms with van der Waals surface area (Å²) in [5.41, 5.74) is 2.65. The SMILES string of the molecule is Cc1cccc(Nc2nc(Cl)nc3[nH]ncc23)c1Br. The van der Waals surface area contributed by atoms with Gasteiger partial charge in [0.1, 0.15) is 5.82 Å². The second-order valence-corrected chi connectivity index (χ2v) is 5.17. The highest BCUT2D eigenvalue weighted by Crippen LogP contribution is 2.30. The van der Waals surface area contributed by atoms with Crippen molar-refractivity contribution in [1.82, 2.24) is 20.2 Å². The summed E-state index contributed by atoms with van der Waals surface area (Å²) >= 11 is 9.44. The Morgan fingerprint density at radius 1 is 1.32 bits per heavy atom. The van der Waals surface area contributed by atoms with Crippen LogP contribution in [0.3, 0.4) is 0 Å². The van der Waals surface area contributed by atoms with E-state index in [1.807, 2.05) is 25.1 Å². The van der Waals surface area contributed by atoms with Crippen LogP contribution in [-0.2, 0) is 0 Å². The predicted octanol–water partition coefficient (Wildman–Crippen LogP) is 3.82. The number of fused-ring (bicyclic) bond motifs is 1. The van der Waals surface area contributed by atoms with Gasteiger partial charge in [-0.15, -0.1) is 0 Å². The van der Waals surface area contributed by atoms with Gasteiger partial charge in [0.05, 0.1) is 17.3 Å². The molecule has 0 aliphatic carbocycles. The first kappa shape index (κ1) is 12.4. The second-order valence-electron chi connectivity index (χ2n) is 4.03. The minimum atomic E-state index is 0.169. The van der Waals surface area contributed by atoms with Gasteiger partial charge in [-0.2, -0.15) is 15.1 Å². The van der Waals surface area contributed by atoms with Crippen LogP contribution >= 0.6 is 27.5 Å². The lowest BCUT2D eigenvalue weighted by Crippen LogP contribution is -1.97. The summed E-state index contributed by atoms with van der Waals surface area (Å²) in [5.74, 6) is 0.620. The number of anilines is 2. The third-order valence-electron chi connectivity index (χ3n) is 2.73. The molecule has 0 amide bonds. The van der Waals surface area contributed by atoms with Gasteiger partial charge < -0.3 is 5.32 Å². The molecule has 0 aliphatic rings. The van der Waals surface area contributed by atoms with Crippen molar-refractivity contribution in [2.75, 3.05) is 5.32 Å². The van der Waals surface area contributed by atoms with Crippen LogP contribution in [0.15, 0.2) is 28.9 Å². The zero-order valence-corrected chi connectivity index (χ0v) is 12.2. The lowest BCUT2D eigenvalue weighted by molar-refractivity contribution is 1.09. The van der Waals surface area contributed by atoms with E-state index in [1.54, 1.807) is 6.20 Å². The standard InChI is InChI=1S/C12H9BrClN5/c1-6-3-2-4-8(9(6)13)16-10-7-5-15-19-11(7)18-12(14)17-10/h2-5H,1H3,(H2,15,16,17,18,19). The van der Waals surface area contributed by atoms with Crippen molar-refractivity contribution in [2.24, 2.45) is 0 Å². The quantitative estimate of drug-likeness (QED) is 0.697. The number of hydrogen-bond donors (Lipinski definition) is 2. The summed E-state index contributed by atoms with van der Waals surface area (Å²) in [6.45, 7) is 2.02. The van der Waals surface area contributed by atoms with Crippen molar-refractivity contribution in [3.63, 3.8) is 0 Å². The van der Waals surface area contributed by atoms with Crippen molar-refractivity contribution in [3.05, 3.63) is 39.7 Å². The molecule has 0 aliphatic heterocycles. The number of rotatable bonds is 2. The van der Waals surface area contributed by atoms with Crippen molar-refractivity contribution in [1.29, 1.82) is 0 Å². The smallest absolute Gasteiger partial charge is 0.226 e. The topological polar surface area (TPSA) is 66.5 Å². The summed E-state index contributed by atoms with van der Waals surface area (Å²) in [6.07, 6.45) is 1.66. The van der Waals surface area contributed by atoms with Crippen LogP contribution in [-0.4, -0.2) is 20.2 Å². The third-order valence-corrected chi connectivity index (χ3v) is 3.95. The molecule has 7 heteroatoms. The van der Waals surface area contributed by atoms with Gasteiger partial charge in [0.2, 0.25) is 5.28 Å². The zero-order valence-electron chi connectivity index (χ0n) is 9.91. The number of halogens is 2. The Labute approximate surface area is 122 Å². The van der Waals surface area contributed by atoms with E-state index in [-0.39, 0.29) is 5.28 Å². The molecule has 5 nitrogen and oxygen atoms in total. The van der Waals surface area contributed by atoms with Gasteiger partial charge in [-0.1, -0.05) is 12.1 Å². The van der Waals surface area contributed by atoms with Gasteiger partial charge >= 0.3 is 0 Å². The first-order chi connectivity index (χ1) is 9.15. The van der Waals surface area contributed by atoms with E-state index in [0.29, 0.717) is 11.5 Å². The maximum atomic E-state index is 5.90. The summed E-state index contributed by atoms with van der Waals surface area (Å²) in [4.78, 5) is 8.26. The maximum absolute atomic E-state index is 5.90. The number of aromatic nitrogens is 4. The normalized spacial score (nSPS) is 10.9. The minimum absolute atomic E-state index is 0.169. The number of hydrogen-bond acceptors (Lipinski definition) is 4. The molecule has 0 spiro atoms. The molecule has 0 radical (unpaired) electrons. The summed E-state index contributed by atoms with van der Waals surface area (Å²) in [7, 11) is 0. The summed E-state index contributed by atoms with van der Waals surface area (Å²) in [5, 5.41) is 10.9. The lowest BCUT2D eigenvalue weighted by Gasteiger charge is -2.10. The molecule has 3 aromatic rings. The van der Waals surface area contributed by atoms with Crippen molar-refractivity contribution in [2.45, 2.75) is 6.92 Å². The van der Waals surface area contributed by atoms with Crippen molar-refractivity contribution < 1.29 is 0 Å². The van der Waals surface area contributed by atoms with E-state index >= 15 is 0 Å². The molecule has 2 N–H and O–H groups in total. The molecule has 3 rings (SSSR count). The highest BCUT2D eigenvalue weighted by molar-refractivity contribution is 9.10. The number of benzene rings is 1. The number of nitrogens with zero attached hydrogens (tertiary/aromatic N) is 3. The summed E-state index contributed by atoms with van der Waals surface area (Å²) < 4.78 is 0.987. The molecule has 0 saturated carbocycles. The molecule has 2 heterocycles. The largest absolute Gasteiger partial charge is 0.339 e. The van der Waals surface area contributed by atoms with Crippen LogP contribution in [0.4, 0.5) is 11.5 Å². The molecule has 0 bridgehead atoms. The average molecular weight is 339 g/mol. The van der Waals surface area contributed by atoms with Crippen molar-refractivity contribution in [3.8, 4) is 0 Å². The predicted molar refractivity (Wildman–Crippen MR) is 78.9 cm³/mol. The van der Waals surface area contributed by atoms with E-state index in [9.17, 15) is 0 Å².